The first kappa shape index (κ1) is 15.4. The van der Waals surface area contributed by atoms with Crippen molar-refractivity contribution >= 4 is 13.9 Å². The van der Waals surface area contributed by atoms with Gasteiger partial charge in [0.1, 0.15) is 11.4 Å². The van der Waals surface area contributed by atoms with E-state index < -0.39 is 13.7 Å². The lowest BCUT2D eigenvalue weighted by atomic mass is 9.94. The van der Waals surface area contributed by atoms with Crippen molar-refractivity contribution in [2.24, 2.45) is 0 Å². The van der Waals surface area contributed by atoms with Crippen molar-refractivity contribution in [2.45, 2.75) is 63.9 Å². The molecule has 0 aromatic carbocycles. The average Bonchev–Trinajstić information content (AvgIpc) is 2.43. The van der Waals surface area contributed by atoms with Gasteiger partial charge in [0, 0.05) is 5.57 Å². The Kier molecular flexibility index (Phi) is 4.44. The van der Waals surface area contributed by atoms with Crippen molar-refractivity contribution < 1.29 is 14.6 Å². The second-order valence-corrected chi connectivity index (χ2v) is 11.7. The Labute approximate surface area is 111 Å². The number of carbonyl (C=O) groups excluding carboxylic acids is 1. The molecule has 0 radical (unpaired) electrons. The molecule has 1 aliphatic carbocycles. The Balaban J connectivity index is 3.24. The molecule has 18 heavy (non-hydrogen) atoms. The highest BCUT2D eigenvalue weighted by molar-refractivity contribution is 6.81. The summed E-state index contributed by atoms with van der Waals surface area (Å²) in [5, 5.41) is 11.0. The molecule has 1 rings (SSSR count). The van der Waals surface area contributed by atoms with Crippen molar-refractivity contribution in [1.29, 1.82) is 0 Å². The lowest BCUT2D eigenvalue weighted by molar-refractivity contribution is -0.117. The lowest BCUT2D eigenvalue weighted by Crippen LogP contribution is -2.47. The molecule has 0 aromatic rings. The fourth-order valence-corrected chi connectivity index (χ4v) is 5.86. The zero-order valence-corrected chi connectivity index (χ0v) is 13.5. The summed E-state index contributed by atoms with van der Waals surface area (Å²) in [6.07, 6.45) is 2.53. The molecule has 2 atom stereocenters. The smallest absolute Gasteiger partial charge is 0.165 e. The van der Waals surface area contributed by atoms with Crippen LogP contribution in [0.3, 0.4) is 0 Å². The van der Waals surface area contributed by atoms with E-state index in [2.05, 4.69) is 26.6 Å². The first-order valence-electron chi connectivity index (χ1n) is 6.72. The second kappa shape index (κ2) is 5.17. The van der Waals surface area contributed by atoms with E-state index in [4.69, 9.17) is 4.74 Å². The molecule has 0 spiro atoms. The molecule has 3 nitrogen and oxygen atoms in total. The van der Waals surface area contributed by atoms with Crippen molar-refractivity contribution in [3.05, 3.63) is 11.3 Å². The third-order valence-electron chi connectivity index (χ3n) is 3.82. The van der Waals surface area contributed by atoms with Gasteiger partial charge in [-0.3, -0.25) is 4.79 Å². The molecule has 0 saturated carbocycles. The number of hydrogen-bond acceptors (Lipinski definition) is 3. The molecule has 0 unspecified atom stereocenters. The SMILES string of the molecule is CCCC[C@]1(O)C(OC)=C(C)C(=O)[C@@H]1[Si](C)(C)C. The van der Waals surface area contributed by atoms with E-state index >= 15 is 0 Å². The molecule has 0 amide bonds. The molecule has 0 aliphatic heterocycles. The first-order chi connectivity index (χ1) is 8.20. The molecule has 0 saturated heterocycles. The fourth-order valence-electron chi connectivity index (χ4n) is 3.14. The van der Waals surface area contributed by atoms with Crippen molar-refractivity contribution in [2.75, 3.05) is 7.11 Å². The predicted molar refractivity (Wildman–Crippen MR) is 76.3 cm³/mol. The quantitative estimate of drug-likeness (QED) is 0.781. The van der Waals surface area contributed by atoms with Crippen LogP contribution in [0.1, 0.15) is 33.1 Å². The van der Waals surface area contributed by atoms with Crippen LogP contribution in [0.2, 0.25) is 25.2 Å². The molecule has 0 bridgehead atoms. The first-order valence-corrected chi connectivity index (χ1v) is 10.3. The number of methoxy groups -OCH3 is 1. The number of ketones is 1. The number of allylic oxidation sites excluding steroid dienone is 1. The Morgan fingerprint density at radius 1 is 1.39 bits per heavy atom. The van der Waals surface area contributed by atoms with Gasteiger partial charge in [-0.05, 0) is 13.3 Å². The zero-order valence-electron chi connectivity index (χ0n) is 12.5. The van der Waals surface area contributed by atoms with Crippen LogP contribution in [0, 0.1) is 0 Å². The third kappa shape index (κ3) is 2.41. The third-order valence-corrected chi connectivity index (χ3v) is 6.30. The average molecular weight is 270 g/mol. The van der Waals surface area contributed by atoms with Crippen LogP contribution in [0.15, 0.2) is 11.3 Å². The maximum Gasteiger partial charge on any atom is 0.165 e. The summed E-state index contributed by atoms with van der Waals surface area (Å²) in [5.74, 6) is 0.595. The molecule has 1 N–H and O–H groups in total. The van der Waals surface area contributed by atoms with Gasteiger partial charge in [-0.1, -0.05) is 39.4 Å². The molecule has 0 fully saturated rings. The maximum absolute atomic E-state index is 12.4. The zero-order chi connectivity index (χ0) is 14.1. The molecule has 0 heterocycles. The van der Waals surface area contributed by atoms with Gasteiger partial charge >= 0.3 is 0 Å². The van der Waals surface area contributed by atoms with Crippen LogP contribution < -0.4 is 0 Å². The highest BCUT2D eigenvalue weighted by atomic mass is 28.3. The summed E-state index contributed by atoms with van der Waals surface area (Å²) in [5.41, 5.74) is -0.730. The second-order valence-electron chi connectivity index (χ2n) is 6.35. The molecule has 104 valence electrons. The normalized spacial score (nSPS) is 29.1. The van der Waals surface area contributed by atoms with Crippen molar-refractivity contribution in [3.63, 3.8) is 0 Å². The van der Waals surface area contributed by atoms with Crippen molar-refractivity contribution in [3.8, 4) is 0 Å². The highest BCUT2D eigenvalue weighted by Crippen LogP contribution is 2.49. The van der Waals surface area contributed by atoms with Gasteiger partial charge in [-0.25, -0.2) is 0 Å². The summed E-state index contributed by atoms with van der Waals surface area (Å²) in [6.45, 7) is 10.3. The Hall–Kier alpha value is -0.613. The Bertz CT molecular complexity index is 368. The minimum absolute atomic E-state index is 0.0876. The molecular formula is C14H26O3Si. The maximum atomic E-state index is 12.4. The van der Waals surface area contributed by atoms with E-state index in [9.17, 15) is 9.90 Å². The number of hydrogen-bond donors (Lipinski definition) is 1. The van der Waals surface area contributed by atoms with Gasteiger partial charge in [0.2, 0.25) is 0 Å². The molecule has 0 aromatic heterocycles. The topological polar surface area (TPSA) is 46.5 Å². The van der Waals surface area contributed by atoms with E-state index in [-0.39, 0.29) is 11.3 Å². The van der Waals surface area contributed by atoms with E-state index in [0.717, 1.165) is 12.8 Å². The minimum atomic E-state index is -1.79. The van der Waals surface area contributed by atoms with Crippen LogP contribution >= 0.6 is 0 Å². The van der Waals surface area contributed by atoms with Crippen LogP contribution in [0.25, 0.3) is 0 Å². The summed E-state index contributed by atoms with van der Waals surface area (Å²) in [7, 11) is -0.243. The molecule has 1 aliphatic rings. The number of unbranched alkanes of at least 4 members (excludes halogenated alkanes) is 1. The van der Waals surface area contributed by atoms with Gasteiger partial charge in [0.15, 0.2) is 5.78 Å². The van der Waals surface area contributed by atoms with Crippen molar-refractivity contribution in [1.82, 2.24) is 0 Å². The van der Waals surface area contributed by atoms with Gasteiger partial charge in [0.25, 0.3) is 0 Å². The van der Waals surface area contributed by atoms with E-state index in [0.29, 0.717) is 17.8 Å². The number of Topliss-reactive ketones (excluding diaryl/α,β-unsaturated/α-hetero) is 1. The Morgan fingerprint density at radius 3 is 2.33 bits per heavy atom. The largest absolute Gasteiger partial charge is 0.498 e. The number of carbonyl (C=O) groups is 1. The standard InChI is InChI=1S/C14H26O3Si/c1-7-8-9-14(16)12(17-3)10(2)11(15)13(14)18(4,5)6/h13,16H,7-9H2,1-6H3/t13-,14-/m0/s1. The predicted octanol–water partition coefficient (Wildman–Crippen LogP) is 3.12. The summed E-state index contributed by atoms with van der Waals surface area (Å²) < 4.78 is 5.36. The molecular weight excluding hydrogens is 244 g/mol. The van der Waals surface area contributed by atoms with Crippen LogP contribution in [-0.2, 0) is 9.53 Å². The van der Waals surface area contributed by atoms with Crippen LogP contribution in [-0.4, -0.2) is 31.7 Å². The summed E-state index contributed by atoms with van der Waals surface area (Å²) >= 11 is 0. The Morgan fingerprint density at radius 2 is 1.94 bits per heavy atom. The van der Waals surface area contributed by atoms with Gasteiger partial charge in [0.05, 0.1) is 20.7 Å². The van der Waals surface area contributed by atoms with Crippen LogP contribution in [0.5, 0.6) is 0 Å². The fraction of sp³-hybridized carbons (Fsp3) is 0.786. The lowest BCUT2D eigenvalue weighted by Gasteiger charge is -2.37. The minimum Gasteiger partial charge on any atom is -0.498 e. The molecule has 4 heteroatoms. The number of rotatable bonds is 5. The number of ether oxygens (including phenoxy) is 1. The summed E-state index contributed by atoms with van der Waals surface area (Å²) in [4.78, 5) is 12.4. The van der Waals surface area contributed by atoms with Crippen LogP contribution in [0.4, 0.5) is 0 Å². The highest BCUT2D eigenvalue weighted by Gasteiger charge is 2.57. The summed E-state index contributed by atoms with van der Waals surface area (Å²) in [6, 6.07) is 0. The number of aliphatic hydroxyl groups is 1. The van der Waals surface area contributed by atoms with E-state index in [1.807, 2.05) is 0 Å². The monoisotopic (exact) mass is 270 g/mol. The van der Waals surface area contributed by atoms with Gasteiger partial charge < -0.3 is 9.84 Å². The van der Waals surface area contributed by atoms with E-state index in [1.54, 1.807) is 14.0 Å². The van der Waals surface area contributed by atoms with Gasteiger partial charge in [-0.2, -0.15) is 0 Å². The van der Waals surface area contributed by atoms with Gasteiger partial charge in [-0.15, -0.1) is 0 Å². The van der Waals surface area contributed by atoms with E-state index in [1.165, 1.54) is 0 Å².